The number of aliphatic imine (C=N–C) groups is 1. The third kappa shape index (κ3) is 6.66. The average Bonchev–Trinajstić information content (AvgIpc) is 2.71. The second-order valence-corrected chi connectivity index (χ2v) is 6.37. The molecule has 0 spiro atoms. The Balaban J connectivity index is 1.66. The van der Waals surface area contributed by atoms with Crippen molar-refractivity contribution in [2.45, 2.75) is 26.2 Å². The van der Waals surface area contributed by atoms with Gasteiger partial charge < -0.3 is 24.4 Å². The van der Waals surface area contributed by atoms with Crippen LogP contribution in [-0.2, 0) is 9.53 Å². The first-order valence-corrected chi connectivity index (χ1v) is 9.57. The highest BCUT2D eigenvalue weighted by Gasteiger charge is 2.27. The molecule has 0 aliphatic carbocycles. The van der Waals surface area contributed by atoms with Crippen LogP contribution in [0.3, 0.4) is 0 Å². The minimum absolute atomic E-state index is 0.00979. The summed E-state index contributed by atoms with van der Waals surface area (Å²) in [5.41, 5.74) is 0. The van der Waals surface area contributed by atoms with E-state index < -0.39 is 0 Å². The predicted molar refractivity (Wildman–Crippen MR) is 105 cm³/mol. The second-order valence-electron chi connectivity index (χ2n) is 6.37. The minimum Gasteiger partial charge on any atom is -0.497 e. The lowest BCUT2D eigenvalue weighted by Crippen LogP contribution is -2.47. The molecule has 0 unspecified atom stereocenters. The number of carbonyl (C=O) groups is 1. The molecule has 1 aliphatic heterocycles. The number of nitrogens with one attached hydrogen (secondary N) is 1. The Hall–Kier alpha value is -2.44. The summed E-state index contributed by atoms with van der Waals surface area (Å²) in [5, 5.41) is 3.37. The molecule has 7 heteroatoms. The summed E-state index contributed by atoms with van der Waals surface area (Å²) in [4.78, 5) is 18.4. The predicted octanol–water partition coefficient (Wildman–Crippen LogP) is 2.31. The molecule has 0 amide bonds. The number of hydrogen-bond acceptors (Lipinski definition) is 5. The third-order valence-electron chi connectivity index (χ3n) is 4.54. The minimum atomic E-state index is -0.0743. The van der Waals surface area contributed by atoms with Crippen molar-refractivity contribution >= 4 is 11.9 Å². The van der Waals surface area contributed by atoms with Crippen molar-refractivity contribution in [1.29, 1.82) is 0 Å². The SMILES string of the molecule is CCOC(=O)C1CCN(C(=NC)NCCCOc2cccc(OC)c2)CC1. The lowest BCUT2D eigenvalue weighted by atomic mass is 9.97. The van der Waals surface area contributed by atoms with E-state index in [9.17, 15) is 4.79 Å². The van der Waals surface area contributed by atoms with Crippen LogP contribution in [0.25, 0.3) is 0 Å². The van der Waals surface area contributed by atoms with E-state index in [1.54, 1.807) is 14.2 Å². The Morgan fingerprint density at radius 1 is 1.30 bits per heavy atom. The normalized spacial score (nSPS) is 15.4. The first-order chi connectivity index (χ1) is 13.2. The van der Waals surface area contributed by atoms with Crippen LogP contribution in [0.4, 0.5) is 0 Å². The molecule has 1 N–H and O–H groups in total. The van der Waals surface area contributed by atoms with Crippen molar-refractivity contribution in [2.24, 2.45) is 10.9 Å². The van der Waals surface area contributed by atoms with E-state index in [2.05, 4.69) is 15.2 Å². The zero-order valence-corrected chi connectivity index (χ0v) is 16.6. The van der Waals surface area contributed by atoms with Crippen molar-refractivity contribution in [3.63, 3.8) is 0 Å². The molecular weight excluding hydrogens is 346 g/mol. The molecule has 150 valence electrons. The first-order valence-electron chi connectivity index (χ1n) is 9.57. The summed E-state index contributed by atoms with van der Waals surface area (Å²) >= 11 is 0. The molecular formula is C20H31N3O4. The highest BCUT2D eigenvalue weighted by molar-refractivity contribution is 5.80. The molecule has 1 aromatic rings. The van der Waals surface area contributed by atoms with Crippen molar-refractivity contribution in [3.05, 3.63) is 24.3 Å². The molecule has 2 rings (SSSR count). The van der Waals surface area contributed by atoms with Crippen LogP contribution in [0.1, 0.15) is 26.2 Å². The van der Waals surface area contributed by atoms with Crippen molar-refractivity contribution in [1.82, 2.24) is 10.2 Å². The number of likely N-dealkylation sites (tertiary alicyclic amines) is 1. The monoisotopic (exact) mass is 377 g/mol. The van der Waals surface area contributed by atoms with E-state index in [1.807, 2.05) is 31.2 Å². The highest BCUT2D eigenvalue weighted by Crippen LogP contribution is 2.19. The maximum absolute atomic E-state index is 11.8. The summed E-state index contributed by atoms with van der Waals surface area (Å²) in [5.74, 6) is 2.40. The standard InChI is InChI=1S/C20H31N3O4/c1-4-26-19(24)16-9-12-23(13-10-16)20(21-2)22-11-6-14-27-18-8-5-7-17(15-18)25-3/h5,7-8,15-16H,4,6,9-14H2,1-3H3,(H,21,22). The van der Waals surface area contributed by atoms with E-state index in [0.717, 1.165) is 56.4 Å². The van der Waals surface area contributed by atoms with Gasteiger partial charge in [-0.25, -0.2) is 0 Å². The molecule has 1 saturated heterocycles. The van der Waals surface area contributed by atoms with Gasteiger partial charge >= 0.3 is 5.97 Å². The molecule has 0 atom stereocenters. The van der Waals surface area contributed by atoms with Crippen LogP contribution in [0.15, 0.2) is 29.3 Å². The lowest BCUT2D eigenvalue weighted by molar-refractivity contribution is -0.149. The van der Waals surface area contributed by atoms with Gasteiger partial charge in [-0.05, 0) is 38.3 Å². The lowest BCUT2D eigenvalue weighted by Gasteiger charge is -2.33. The van der Waals surface area contributed by atoms with Crippen molar-refractivity contribution in [3.8, 4) is 11.5 Å². The summed E-state index contributed by atoms with van der Waals surface area (Å²) in [6, 6.07) is 7.60. The molecule has 0 bridgehead atoms. The smallest absolute Gasteiger partial charge is 0.309 e. The summed E-state index contributed by atoms with van der Waals surface area (Å²) in [6.45, 7) is 5.29. The van der Waals surface area contributed by atoms with E-state index in [1.165, 1.54) is 0 Å². The number of esters is 1. The van der Waals surface area contributed by atoms with Crippen LogP contribution in [-0.4, -0.2) is 63.8 Å². The maximum Gasteiger partial charge on any atom is 0.309 e. The molecule has 1 aromatic carbocycles. The number of ether oxygens (including phenoxy) is 3. The topological polar surface area (TPSA) is 72.4 Å². The first kappa shape index (κ1) is 20.9. The van der Waals surface area contributed by atoms with Gasteiger partial charge in [-0.3, -0.25) is 9.79 Å². The average molecular weight is 377 g/mol. The highest BCUT2D eigenvalue weighted by atomic mass is 16.5. The largest absolute Gasteiger partial charge is 0.497 e. The van der Waals surface area contributed by atoms with Gasteiger partial charge in [0, 0.05) is 32.7 Å². The van der Waals surface area contributed by atoms with Crippen LogP contribution in [0.5, 0.6) is 11.5 Å². The van der Waals surface area contributed by atoms with Gasteiger partial charge in [-0.15, -0.1) is 0 Å². The molecule has 7 nitrogen and oxygen atoms in total. The molecule has 0 saturated carbocycles. The van der Waals surface area contributed by atoms with Gasteiger partial charge in [-0.1, -0.05) is 6.07 Å². The van der Waals surface area contributed by atoms with Crippen LogP contribution in [0, 0.1) is 5.92 Å². The van der Waals surface area contributed by atoms with Crippen LogP contribution in [0.2, 0.25) is 0 Å². The Kier molecular flexibility index (Phi) is 8.74. The van der Waals surface area contributed by atoms with Gasteiger partial charge in [-0.2, -0.15) is 0 Å². The third-order valence-corrected chi connectivity index (χ3v) is 4.54. The number of guanidine groups is 1. The van der Waals surface area contributed by atoms with Gasteiger partial charge in [0.25, 0.3) is 0 Å². The Labute approximate surface area is 161 Å². The van der Waals surface area contributed by atoms with E-state index in [0.29, 0.717) is 13.2 Å². The maximum atomic E-state index is 11.8. The molecule has 0 radical (unpaired) electrons. The van der Waals surface area contributed by atoms with Gasteiger partial charge in [0.1, 0.15) is 11.5 Å². The molecule has 1 fully saturated rings. The zero-order chi connectivity index (χ0) is 19.5. The Bertz CT molecular complexity index is 613. The molecule has 1 aliphatic rings. The van der Waals surface area contributed by atoms with Gasteiger partial charge in [0.05, 0.1) is 26.2 Å². The molecule has 0 aromatic heterocycles. The molecule has 27 heavy (non-hydrogen) atoms. The zero-order valence-electron chi connectivity index (χ0n) is 16.6. The number of carbonyl (C=O) groups excluding carboxylic acids is 1. The number of benzene rings is 1. The Morgan fingerprint density at radius 2 is 2.04 bits per heavy atom. The number of rotatable bonds is 8. The number of piperidine rings is 1. The van der Waals surface area contributed by atoms with Gasteiger partial charge in [0.2, 0.25) is 0 Å². The Morgan fingerprint density at radius 3 is 2.70 bits per heavy atom. The quantitative estimate of drug-likeness (QED) is 0.324. The van der Waals surface area contributed by atoms with Gasteiger partial charge in [0.15, 0.2) is 5.96 Å². The summed E-state index contributed by atoms with van der Waals surface area (Å²) < 4.78 is 16.1. The fourth-order valence-electron chi connectivity index (χ4n) is 3.07. The van der Waals surface area contributed by atoms with Crippen LogP contribution >= 0.6 is 0 Å². The number of methoxy groups -OCH3 is 1. The van der Waals surface area contributed by atoms with Crippen molar-refractivity contribution in [2.75, 3.05) is 47.0 Å². The number of hydrogen-bond donors (Lipinski definition) is 1. The van der Waals surface area contributed by atoms with E-state index >= 15 is 0 Å². The fourth-order valence-corrected chi connectivity index (χ4v) is 3.07. The summed E-state index contributed by atoms with van der Waals surface area (Å²) in [6.07, 6.45) is 2.46. The fraction of sp³-hybridized carbons (Fsp3) is 0.600. The van der Waals surface area contributed by atoms with E-state index in [4.69, 9.17) is 14.2 Å². The van der Waals surface area contributed by atoms with E-state index in [-0.39, 0.29) is 11.9 Å². The van der Waals surface area contributed by atoms with Crippen molar-refractivity contribution < 1.29 is 19.0 Å². The number of nitrogens with zero attached hydrogens (tertiary/aromatic N) is 2. The second kappa shape index (κ2) is 11.3. The summed E-state index contributed by atoms with van der Waals surface area (Å²) in [7, 11) is 3.43. The molecule has 1 heterocycles. The van der Waals surface area contributed by atoms with Crippen LogP contribution < -0.4 is 14.8 Å².